The van der Waals surface area contributed by atoms with Crippen LogP contribution in [0.3, 0.4) is 0 Å². The van der Waals surface area contributed by atoms with Gasteiger partial charge in [-0.15, -0.1) is 0 Å². The molecule has 150 valence electrons. The SMILES string of the molecule is CC(=O)NC[C@H]1CN(c2ccc3c(c2)C[C@@H](C)N3C(=O)COC(C)=O)C(=O)O1. The number of cyclic esters (lactones) is 1. The quantitative estimate of drug-likeness (QED) is 0.753. The van der Waals surface area contributed by atoms with Gasteiger partial charge in [-0.05, 0) is 37.1 Å². The van der Waals surface area contributed by atoms with Crippen LogP contribution in [-0.4, -0.2) is 55.7 Å². The van der Waals surface area contributed by atoms with Gasteiger partial charge in [0.25, 0.3) is 5.91 Å². The zero-order valence-corrected chi connectivity index (χ0v) is 16.1. The molecule has 0 unspecified atom stereocenters. The molecule has 2 aliphatic heterocycles. The number of ether oxygens (including phenoxy) is 2. The largest absolute Gasteiger partial charge is 0.456 e. The summed E-state index contributed by atoms with van der Waals surface area (Å²) in [7, 11) is 0. The summed E-state index contributed by atoms with van der Waals surface area (Å²) >= 11 is 0. The van der Waals surface area contributed by atoms with Crippen LogP contribution in [0.5, 0.6) is 0 Å². The molecule has 0 spiro atoms. The third kappa shape index (κ3) is 4.08. The van der Waals surface area contributed by atoms with E-state index in [0.717, 1.165) is 11.3 Å². The van der Waals surface area contributed by atoms with Crippen LogP contribution in [0.15, 0.2) is 18.2 Å². The Morgan fingerprint density at radius 1 is 1.29 bits per heavy atom. The number of benzene rings is 1. The van der Waals surface area contributed by atoms with Crippen LogP contribution >= 0.6 is 0 Å². The van der Waals surface area contributed by atoms with E-state index in [9.17, 15) is 19.2 Å². The van der Waals surface area contributed by atoms with Gasteiger partial charge in [-0.2, -0.15) is 0 Å². The highest BCUT2D eigenvalue weighted by Gasteiger charge is 2.35. The lowest BCUT2D eigenvalue weighted by molar-refractivity contribution is -0.145. The molecule has 3 rings (SSSR count). The highest BCUT2D eigenvalue weighted by molar-refractivity contribution is 5.98. The average Bonchev–Trinajstić information content (AvgIpc) is 3.16. The van der Waals surface area contributed by atoms with Crippen molar-refractivity contribution in [2.75, 3.05) is 29.5 Å². The van der Waals surface area contributed by atoms with Crippen molar-refractivity contribution in [1.82, 2.24) is 5.32 Å². The Balaban J connectivity index is 1.73. The minimum absolute atomic E-state index is 0.0775. The maximum Gasteiger partial charge on any atom is 0.414 e. The second kappa shape index (κ2) is 7.87. The number of carbonyl (C=O) groups excluding carboxylic acids is 4. The molecule has 2 atom stereocenters. The Hall–Kier alpha value is -3.10. The van der Waals surface area contributed by atoms with Crippen molar-refractivity contribution >= 4 is 35.3 Å². The summed E-state index contributed by atoms with van der Waals surface area (Å²) in [6, 6.07) is 5.33. The van der Waals surface area contributed by atoms with Gasteiger partial charge < -0.3 is 19.7 Å². The number of carbonyl (C=O) groups is 4. The number of hydrogen-bond acceptors (Lipinski definition) is 6. The van der Waals surface area contributed by atoms with Crippen molar-refractivity contribution in [2.24, 2.45) is 0 Å². The third-order valence-electron chi connectivity index (χ3n) is 4.71. The second-order valence-corrected chi connectivity index (χ2v) is 6.96. The molecule has 2 heterocycles. The molecule has 1 aromatic rings. The summed E-state index contributed by atoms with van der Waals surface area (Å²) in [5.41, 5.74) is 2.35. The van der Waals surface area contributed by atoms with E-state index in [4.69, 9.17) is 9.47 Å². The minimum Gasteiger partial charge on any atom is -0.456 e. The molecule has 3 amide bonds. The van der Waals surface area contributed by atoms with Gasteiger partial charge in [0.2, 0.25) is 5.91 Å². The summed E-state index contributed by atoms with van der Waals surface area (Å²) < 4.78 is 10.1. The molecule has 1 aromatic carbocycles. The number of rotatable bonds is 5. The van der Waals surface area contributed by atoms with Crippen LogP contribution in [0, 0.1) is 0 Å². The fraction of sp³-hybridized carbons (Fsp3) is 0.474. The minimum atomic E-state index is -0.503. The molecule has 0 aromatic heterocycles. The van der Waals surface area contributed by atoms with Crippen molar-refractivity contribution in [2.45, 2.75) is 39.3 Å². The first kappa shape index (κ1) is 19.7. The number of hydrogen-bond donors (Lipinski definition) is 1. The van der Waals surface area contributed by atoms with E-state index >= 15 is 0 Å². The predicted octanol–water partition coefficient (Wildman–Crippen LogP) is 0.989. The summed E-state index contributed by atoms with van der Waals surface area (Å²) in [5, 5.41) is 2.64. The molecule has 28 heavy (non-hydrogen) atoms. The Labute approximate surface area is 162 Å². The van der Waals surface area contributed by atoms with Crippen molar-refractivity contribution in [3.8, 4) is 0 Å². The molecule has 1 saturated heterocycles. The number of esters is 1. The fourth-order valence-corrected chi connectivity index (χ4v) is 3.49. The Kier molecular flexibility index (Phi) is 5.53. The van der Waals surface area contributed by atoms with Gasteiger partial charge in [-0.1, -0.05) is 0 Å². The summed E-state index contributed by atoms with van der Waals surface area (Å²) in [5.74, 6) is -0.971. The lowest BCUT2D eigenvalue weighted by Crippen LogP contribution is -2.38. The standard InChI is InChI=1S/C19H23N3O6/c1-11-6-14-7-15(21-9-16(28-19(21)26)8-20-12(2)23)4-5-17(14)22(11)18(25)10-27-13(3)24/h4-5,7,11,16H,6,8-10H2,1-3H3,(H,20,23)/t11-,16+/m1/s1. The van der Waals surface area contributed by atoms with E-state index in [1.165, 1.54) is 18.7 Å². The van der Waals surface area contributed by atoms with Crippen LogP contribution in [0.25, 0.3) is 0 Å². The smallest absolute Gasteiger partial charge is 0.414 e. The van der Waals surface area contributed by atoms with Crippen LogP contribution in [0.2, 0.25) is 0 Å². The lowest BCUT2D eigenvalue weighted by atomic mass is 10.1. The van der Waals surface area contributed by atoms with Crippen LogP contribution < -0.4 is 15.1 Å². The number of amides is 3. The van der Waals surface area contributed by atoms with Gasteiger partial charge in [-0.3, -0.25) is 19.3 Å². The maximum absolute atomic E-state index is 12.4. The normalized spacial score (nSPS) is 20.6. The van der Waals surface area contributed by atoms with Gasteiger partial charge in [-0.25, -0.2) is 4.79 Å². The van der Waals surface area contributed by atoms with Crippen LogP contribution in [0.1, 0.15) is 26.3 Å². The molecule has 0 saturated carbocycles. The van der Waals surface area contributed by atoms with Gasteiger partial charge in [0.1, 0.15) is 6.10 Å². The molecule has 0 radical (unpaired) electrons. The number of anilines is 2. The van der Waals surface area contributed by atoms with Crippen molar-refractivity contribution in [3.05, 3.63) is 23.8 Å². The Morgan fingerprint density at radius 2 is 2.04 bits per heavy atom. The molecule has 2 aliphatic rings. The first-order valence-electron chi connectivity index (χ1n) is 9.07. The Morgan fingerprint density at radius 3 is 2.71 bits per heavy atom. The fourth-order valence-electron chi connectivity index (χ4n) is 3.49. The number of fused-ring (bicyclic) bond motifs is 1. The summed E-state index contributed by atoms with van der Waals surface area (Å²) in [6.45, 7) is 4.88. The predicted molar refractivity (Wildman–Crippen MR) is 100 cm³/mol. The molecule has 9 heteroatoms. The molecule has 1 fully saturated rings. The summed E-state index contributed by atoms with van der Waals surface area (Å²) in [6.07, 6.45) is -0.248. The molecule has 1 N–H and O–H groups in total. The van der Waals surface area contributed by atoms with Gasteiger partial charge in [0.05, 0.1) is 13.1 Å². The van der Waals surface area contributed by atoms with E-state index in [2.05, 4.69) is 5.32 Å². The highest BCUT2D eigenvalue weighted by atomic mass is 16.6. The zero-order chi connectivity index (χ0) is 20.4. The second-order valence-electron chi connectivity index (χ2n) is 6.96. The van der Waals surface area contributed by atoms with E-state index < -0.39 is 18.2 Å². The maximum atomic E-state index is 12.4. The average molecular weight is 389 g/mol. The van der Waals surface area contributed by atoms with E-state index in [1.54, 1.807) is 17.0 Å². The Bertz CT molecular complexity index is 824. The van der Waals surface area contributed by atoms with Crippen molar-refractivity contribution in [3.63, 3.8) is 0 Å². The highest BCUT2D eigenvalue weighted by Crippen LogP contribution is 2.36. The molecular weight excluding hydrogens is 366 g/mol. The summed E-state index contributed by atoms with van der Waals surface area (Å²) in [4.78, 5) is 49.7. The van der Waals surface area contributed by atoms with Gasteiger partial charge >= 0.3 is 12.1 Å². The van der Waals surface area contributed by atoms with Crippen LogP contribution in [-0.2, 0) is 30.3 Å². The first-order chi connectivity index (χ1) is 13.3. The molecule has 0 aliphatic carbocycles. The lowest BCUT2D eigenvalue weighted by Gasteiger charge is -2.22. The third-order valence-corrected chi connectivity index (χ3v) is 4.71. The monoisotopic (exact) mass is 389 g/mol. The van der Waals surface area contributed by atoms with Crippen LogP contribution in [0.4, 0.5) is 16.2 Å². The van der Waals surface area contributed by atoms with E-state index in [1.807, 2.05) is 13.0 Å². The zero-order valence-electron chi connectivity index (χ0n) is 16.1. The molecular formula is C19H23N3O6. The molecule has 0 bridgehead atoms. The number of nitrogens with one attached hydrogen (secondary N) is 1. The topological polar surface area (TPSA) is 105 Å². The van der Waals surface area contributed by atoms with Crippen molar-refractivity contribution in [1.29, 1.82) is 0 Å². The van der Waals surface area contributed by atoms with Gasteiger partial charge in [0, 0.05) is 31.3 Å². The van der Waals surface area contributed by atoms with E-state index in [-0.39, 0.29) is 31.0 Å². The van der Waals surface area contributed by atoms with Crippen molar-refractivity contribution < 1.29 is 28.7 Å². The first-order valence-corrected chi connectivity index (χ1v) is 9.07. The number of nitrogens with zero attached hydrogens (tertiary/aromatic N) is 2. The van der Waals surface area contributed by atoms with Gasteiger partial charge in [0.15, 0.2) is 6.61 Å². The molecule has 9 nitrogen and oxygen atoms in total. The van der Waals surface area contributed by atoms with E-state index in [0.29, 0.717) is 18.7 Å².